The van der Waals surface area contributed by atoms with Crippen LogP contribution in [-0.4, -0.2) is 52.2 Å². The zero-order valence-corrected chi connectivity index (χ0v) is 15.2. The molecule has 3 unspecified atom stereocenters. The number of guanidine groups is 1. The Morgan fingerprint density at radius 3 is 2.83 bits per heavy atom. The van der Waals surface area contributed by atoms with Gasteiger partial charge in [0.05, 0.1) is 18.8 Å². The van der Waals surface area contributed by atoms with Gasteiger partial charge in [-0.05, 0) is 19.8 Å². The first-order valence-electron chi connectivity index (χ1n) is 8.61. The van der Waals surface area contributed by atoms with Crippen LogP contribution in [0.3, 0.4) is 0 Å². The third-order valence-electron chi connectivity index (χ3n) is 5.09. The number of aliphatic imine (C=N–C) groups is 1. The highest BCUT2D eigenvalue weighted by atomic mass is 16.3. The summed E-state index contributed by atoms with van der Waals surface area (Å²) in [5, 5.41) is 31.4. The predicted octanol–water partition coefficient (Wildman–Crippen LogP) is 0.734. The van der Waals surface area contributed by atoms with Crippen LogP contribution in [0.2, 0.25) is 0 Å². The van der Waals surface area contributed by atoms with Crippen LogP contribution in [0.4, 0.5) is 0 Å². The highest BCUT2D eigenvalue weighted by Gasteiger charge is 2.35. The van der Waals surface area contributed by atoms with Crippen molar-refractivity contribution < 1.29 is 10.2 Å². The van der Waals surface area contributed by atoms with E-state index in [1.807, 2.05) is 7.05 Å². The topological polar surface area (TPSA) is 94.7 Å². The van der Waals surface area contributed by atoms with Crippen molar-refractivity contribution in [3.63, 3.8) is 0 Å². The Balaban J connectivity index is 1.88. The maximum atomic E-state index is 10.6. The summed E-state index contributed by atoms with van der Waals surface area (Å²) in [6.07, 6.45) is 7.30. The van der Waals surface area contributed by atoms with Crippen molar-refractivity contribution in [2.45, 2.75) is 51.2 Å². The van der Waals surface area contributed by atoms with Gasteiger partial charge in [0.15, 0.2) is 5.96 Å². The van der Waals surface area contributed by atoms with Crippen molar-refractivity contribution in [2.24, 2.45) is 17.5 Å². The summed E-state index contributed by atoms with van der Waals surface area (Å²) in [5.74, 6) is 0.623. The van der Waals surface area contributed by atoms with E-state index in [0.717, 1.165) is 31.2 Å². The fourth-order valence-electron chi connectivity index (χ4n) is 3.15. The fourth-order valence-corrected chi connectivity index (χ4v) is 3.15. The molecule has 7 heteroatoms. The lowest BCUT2D eigenvalue weighted by molar-refractivity contribution is 0.00384. The van der Waals surface area contributed by atoms with E-state index in [1.165, 1.54) is 0 Å². The minimum absolute atomic E-state index is 0.137. The first-order valence-corrected chi connectivity index (χ1v) is 8.61. The summed E-state index contributed by atoms with van der Waals surface area (Å²) in [6.45, 7) is 4.83. The van der Waals surface area contributed by atoms with E-state index in [4.69, 9.17) is 0 Å². The molecule has 0 radical (unpaired) electrons. The lowest BCUT2D eigenvalue weighted by Crippen LogP contribution is -2.50. The maximum absolute atomic E-state index is 10.6. The molecule has 2 rings (SSSR count). The summed E-state index contributed by atoms with van der Waals surface area (Å²) in [7, 11) is 3.53. The molecular formula is C17H31N5O2. The normalized spacial score (nSPS) is 27.6. The van der Waals surface area contributed by atoms with Gasteiger partial charge >= 0.3 is 0 Å². The molecule has 0 saturated heterocycles. The van der Waals surface area contributed by atoms with Crippen molar-refractivity contribution in [3.05, 3.63) is 18.0 Å². The molecule has 0 aromatic carbocycles. The fraction of sp³-hybridized carbons (Fsp3) is 0.765. The van der Waals surface area contributed by atoms with Gasteiger partial charge in [-0.25, -0.2) is 0 Å². The standard InChI is InChI=1S/C17H31N5O2/c1-16(8-6-5-7-14(16)23)11-19-15(18-3)20-12-17(2,24)13-9-21-22(4)10-13/h9-10,14,23-24H,5-8,11-12H2,1-4H3,(H2,18,19,20). The molecule has 1 aromatic heterocycles. The van der Waals surface area contributed by atoms with E-state index >= 15 is 0 Å². The van der Waals surface area contributed by atoms with Crippen molar-refractivity contribution in [1.29, 1.82) is 0 Å². The van der Waals surface area contributed by atoms with Gasteiger partial charge in [-0.15, -0.1) is 0 Å². The maximum Gasteiger partial charge on any atom is 0.191 e. The summed E-state index contributed by atoms with van der Waals surface area (Å²) < 4.78 is 1.67. The van der Waals surface area contributed by atoms with Gasteiger partial charge < -0.3 is 20.8 Å². The molecule has 1 aliphatic rings. The highest BCUT2D eigenvalue weighted by Crippen LogP contribution is 2.35. The molecule has 7 nitrogen and oxygen atoms in total. The first kappa shape index (κ1) is 18.7. The second-order valence-electron chi connectivity index (χ2n) is 7.37. The number of hydrogen-bond acceptors (Lipinski definition) is 4. The van der Waals surface area contributed by atoms with Gasteiger partial charge in [0.25, 0.3) is 0 Å². The molecular weight excluding hydrogens is 306 g/mol. The van der Waals surface area contributed by atoms with Crippen LogP contribution in [-0.2, 0) is 12.6 Å². The number of nitrogens with zero attached hydrogens (tertiary/aromatic N) is 3. The van der Waals surface area contributed by atoms with Crippen molar-refractivity contribution in [1.82, 2.24) is 20.4 Å². The molecule has 3 atom stereocenters. The molecule has 1 aromatic rings. The van der Waals surface area contributed by atoms with Crippen LogP contribution in [0, 0.1) is 5.41 Å². The Bertz CT molecular complexity index is 569. The predicted molar refractivity (Wildman–Crippen MR) is 94.7 cm³/mol. The van der Waals surface area contributed by atoms with Crippen molar-refractivity contribution >= 4 is 5.96 Å². The average molecular weight is 337 g/mol. The zero-order chi connectivity index (χ0) is 17.8. The second-order valence-corrected chi connectivity index (χ2v) is 7.37. The van der Waals surface area contributed by atoms with Crippen molar-refractivity contribution in [3.8, 4) is 0 Å². The van der Waals surface area contributed by atoms with Crippen LogP contribution in [0.25, 0.3) is 0 Å². The minimum Gasteiger partial charge on any atom is -0.392 e. The highest BCUT2D eigenvalue weighted by molar-refractivity contribution is 5.79. The molecule has 0 bridgehead atoms. The summed E-state index contributed by atoms with van der Waals surface area (Å²) in [4.78, 5) is 4.21. The number of aliphatic hydroxyl groups is 2. The molecule has 1 aliphatic carbocycles. The largest absolute Gasteiger partial charge is 0.392 e. The van der Waals surface area contributed by atoms with Crippen LogP contribution in [0.15, 0.2) is 17.4 Å². The molecule has 0 aliphatic heterocycles. The summed E-state index contributed by atoms with van der Waals surface area (Å²) >= 11 is 0. The minimum atomic E-state index is -1.04. The Kier molecular flexibility index (Phi) is 5.87. The Labute approximate surface area is 144 Å². The number of nitrogens with one attached hydrogen (secondary N) is 2. The summed E-state index contributed by atoms with van der Waals surface area (Å²) in [5.41, 5.74) is -0.426. The van der Waals surface area contributed by atoms with E-state index in [0.29, 0.717) is 19.0 Å². The Hall–Kier alpha value is -1.60. The SMILES string of the molecule is CN=C(NCC(C)(O)c1cnn(C)c1)NCC1(C)CCCCC1O. The number of aromatic nitrogens is 2. The van der Waals surface area contributed by atoms with Crippen LogP contribution in [0.1, 0.15) is 45.1 Å². The monoisotopic (exact) mass is 337 g/mol. The third-order valence-corrected chi connectivity index (χ3v) is 5.09. The Morgan fingerprint density at radius 1 is 1.50 bits per heavy atom. The lowest BCUT2D eigenvalue weighted by atomic mass is 9.73. The molecule has 136 valence electrons. The second kappa shape index (κ2) is 7.53. The van der Waals surface area contributed by atoms with Gasteiger partial charge in [0, 0.05) is 37.8 Å². The molecule has 1 saturated carbocycles. The number of aliphatic hydroxyl groups excluding tert-OH is 1. The average Bonchev–Trinajstić information content (AvgIpc) is 2.98. The smallest absolute Gasteiger partial charge is 0.191 e. The van der Waals surface area contributed by atoms with Crippen LogP contribution >= 0.6 is 0 Å². The Morgan fingerprint density at radius 2 is 2.25 bits per heavy atom. The van der Waals surface area contributed by atoms with E-state index < -0.39 is 5.60 Å². The van der Waals surface area contributed by atoms with Crippen LogP contribution < -0.4 is 10.6 Å². The molecule has 1 heterocycles. The van der Waals surface area contributed by atoms with Gasteiger partial charge in [-0.2, -0.15) is 5.10 Å². The molecule has 24 heavy (non-hydrogen) atoms. The van der Waals surface area contributed by atoms with E-state index in [-0.39, 0.29) is 11.5 Å². The number of aryl methyl sites for hydroxylation is 1. The number of hydrogen-bond donors (Lipinski definition) is 4. The molecule has 0 spiro atoms. The quantitative estimate of drug-likeness (QED) is 0.469. The molecule has 1 fully saturated rings. The van der Waals surface area contributed by atoms with Gasteiger partial charge in [0.1, 0.15) is 5.60 Å². The number of rotatable bonds is 5. The van der Waals surface area contributed by atoms with Gasteiger partial charge in [-0.1, -0.05) is 19.8 Å². The third kappa shape index (κ3) is 4.48. The van der Waals surface area contributed by atoms with E-state index in [1.54, 1.807) is 31.0 Å². The summed E-state index contributed by atoms with van der Waals surface area (Å²) in [6, 6.07) is 0. The van der Waals surface area contributed by atoms with Crippen LogP contribution in [0.5, 0.6) is 0 Å². The lowest BCUT2D eigenvalue weighted by Gasteiger charge is -2.39. The molecule has 0 amide bonds. The molecule has 4 N–H and O–H groups in total. The van der Waals surface area contributed by atoms with Gasteiger partial charge in [-0.3, -0.25) is 9.67 Å². The zero-order valence-electron chi connectivity index (χ0n) is 15.2. The van der Waals surface area contributed by atoms with E-state index in [2.05, 4.69) is 27.6 Å². The van der Waals surface area contributed by atoms with Crippen molar-refractivity contribution in [2.75, 3.05) is 20.1 Å². The van der Waals surface area contributed by atoms with E-state index in [9.17, 15) is 10.2 Å². The van der Waals surface area contributed by atoms with Gasteiger partial charge in [0.2, 0.25) is 0 Å². The first-order chi connectivity index (χ1) is 11.3.